The topological polar surface area (TPSA) is 60.5 Å². The van der Waals surface area contributed by atoms with E-state index >= 15 is 0 Å². The molecule has 3 rings (SSSR count). The molecule has 2 heterocycles. The SMILES string of the molecule is COC(=O)CCc1csc(N[C@@H]2CCOc3ccccc32)n1. The van der Waals surface area contributed by atoms with Crippen LogP contribution in [0.1, 0.15) is 30.1 Å². The third kappa shape index (κ3) is 3.39. The maximum absolute atomic E-state index is 11.2. The number of carbonyl (C=O) groups is 1. The van der Waals surface area contributed by atoms with E-state index in [0.29, 0.717) is 19.4 Å². The van der Waals surface area contributed by atoms with E-state index in [1.54, 1.807) is 11.3 Å². The second-order valence-corrected chi connectivity index (χ2v) is 5.95. The van der Waals surface area contributed by atoms with E-state index < -0.39 is 0 Å². The number of aryl methyl sites for hydroxylation is 1. The molecule has 6 heteroatoms. The summed E-state index contributed by atoms with van der Waals surface area (Å²) in [4.78, 5) is 15.7. The number of hydrogen-bond donors (Lipinski definition) is 1. The van der Waals surface area contributed by atoms with Crippen LogP contribution in [-0.4, -0.2) is 24.7 Å². The van der Waals surface area contributed by atoms with Gasteiger partial charge in [0.15, 0.2) is 5.13 Å². The highest BCUT2D eigenvalue weighted by molar-refractivity contribution is 7.13. The lowest BCUT2D eigenvalue weighted by Crippen LogP contribution is -2.20. The highest BCUT2D eigenvalue weighted by atomic mass is 32.1. The first-order chi connectivity index (χ1) is 10.8. The van der Waals surface area contributed by atoms with Gasteiger partial charge in [-0.25, -0.2) is 4.98 Å². The van der Waals surface area contributed by atoms with E-state index in [1.165, 1.54) is 12.7 Å². The fourth-order valence-corrected chi connectivity index (χ4v) is 3.26. The maximum atomic E-state index is 11.2. The summed E-state index contributed by atoms with van der Waals surface area (Å²) in [6, 6.07) is 8.29. The molecule has 5 nitrogen and oxygen atoms in total. The van der Waals surface area contributed by atoms with Crippen LogP contribution in [0.5, 0.6) is 5.75 Å². The number of anilines is 1. The lowest BCUT2D eigenvalue weighted by atomic mass is 10.0. The van der Waals surface area contributed by atoms with Crippen molar-refractivity contribution in [2.45, 2.75) is 25.3 Å². The van der Waals surface area contributed by atoms with Gasteiger partial charge in [0.25, 0.3) is 0 Å². The molecular formula is C16H18N2O3S. The first kappa shape index (κ1) is 14.8. The van der Waals surface area contributed by atoms with Gasteiger partial charge in [-0.15, -0.1) is 11.3 Å². The van der Waals surface area contributed by atoms with Crippen molar-refractivity contribution >= 4 is 22.4 Å². The third-order valence-electron chi connectivity index (χ3n) is 3.62. The molecule has 0 saturated heterocycles. The van der Waals surface area contributed by atoms with Crippen molar-refractivity contribution in [1.82, 2.24) is 4.98 Å². The number of benzene rings is 1. The van der Waals surface area contributed by atoms with E-state index in [0.717, 1.165) is 23.0 Å². The molecule has 0 spiro atoms. The third-order valence-corrected chi connectivity index (χ3v) is 4.44. The molecular weight excluding hydrogens is 300 g/mol. The molecule has 0 fully saturated rings. The van der Waals surface area contributed by atoms with E-state index in [4.69, 9.17) is 4.74 Å². The van der Waals surface area contributed by atoms with E-state index in [-0.39, 0.29) is 12.0 Å². The zero-order chi connectivity index (χ0) is 15.4. The minimum atomic E-state index is -0.208. The number of fused-ring (bicyclic) bond motifs is 1. The normalized spacial score (nSPS) is 16.5. The standard InChI is InChI=1S/C16H18N2O3S/c1-20-15(19)7-6-11-10-22-16(17-11)18-13-8-9-21-14-5-3-2-4-12(13)14/h2-5,10,13H,6-9H2,1H3,(H,17,18)/t13-/m1/s1. The van der Waals surface area contributed by atoms with E-state index in [9.17, 15) is 4.79 Å². The molecule has 1 aliphatic rings. The molecule has 116 valence electrons. The van der Waals surface area contributed by atoms with Crippen LogP contribution in [-0.2, 0) is 16.0 Å². The van der Waals surface area contributed by atoms with Gasteiger partial charge in [-0.1, -0.05) is 18.2 Å². The van der Waals surface area contributed by atoms with Crippen LogP contribution in [0, 0.1) is 0 Å². The quantitative estimate of drug-likeness (QED) is 0.858. The highest BCUT2D eigenvalue weighted by Gasteiger charge is 2.21. The van der Waals surface area contributed by atoms with Crippen LogP contribution < -0.4 is 10.1 Å². The molecule has 0 bridgehead atoms. The summed E-state index contributed by atoms with van der Waals surface area (Å²) in [5, 5.41) is 6.33. The van der Waals surface area contributed by atoms with Crippen molar-refractivity contribution in [2.75, 3.05) is 19.0 Å². The minimum Gasteiger partial charge on any atom is -0.493 e. The number of rotatable bonds is 5. The number of hydrogen-bond acceptors (Lipinski definition) is 6. The number of methoxy groups -OCH3 is 1. The number of esters is 1. The Kier molecular flexibility index (Phi) is 4.58. The lowest BCUT2D eigenvalue weighted by Gasteiger charge is -2.26. The van der Waals surface area contributed by atoms with Gasteiger partial charge in [0.05, 0.1) is 31.9 Å². The molecule has 1 atom stereocenters. The zero-order valence-electron chi connectivity index (χ0n) is 12.4. The van der Waals surface area contributed by atoms with Crippen LogP contribution in [0.2, 0.25) is 0 Å². The molecule has 0 aliphatic carbocycles. The Morgan fingerprint density at radius 2 is 2.36 bits per heavy atom. The number of thiazole rings is 1. The average Bonchev–Trinajstić information content (AvgIpc) is 3.00. The number of aromatic nitrogens is 1. The molecule has 0 radical (unpaired) electrons. The van der Waals surface area contributed by atoms with Gasteiger partial charge in [-0.2, -0.15) is 0 Å². The average molecular weight is 318 g/mol. The van der Waals surface area contributed by atoms with Gasteiger partial charge in [0.1, 0.15) is 5.75 Å². The maximum Gasteiger partial charge on any atom is 0.305 e. The van der Waals surface area contributed by atoms with Gasteiger partial charge in [-0.3, -0.25) is 4.79 Å². The van der Waals surface area contributed by atoms with Crippen molar-refractivity contribution in [2.24, 2.45) is 0 Å². The summed E-state index contributed by atoms with van der Waals surface area (Å²) in [5.74, 6) is 0.731. The van der Waals surface area contributed by atoms with Crippen molar-refractivity contribution in [3.8, 4) is 5.75 Å². The molecule has 1 aromatic carbocycles. The number of carbonyl (C=O) groups excluding carboxylic acids is 1. The molecule has 1 N–H and O–H groups in total. The van der Waals surface area contributed by atoms with Crippen molar-refractivity contribution in [3.05, 3.63) is 40.9 Å². The molecule has 0 saturated carbocycles. The monoisotopic (exact) mass is 318 g/mol. The predicted octanol–water partition coefficient (Wildman–Crippen LogP) is 3.18. The Morgan fingerprint density at radius 1 is 1.50 bits per heavy atom. The summed E-state index contributed by atoms with van der Waals surface area (Å²) < 4.78 is 10.3. The molecule has 0 unspecified atom stereocenters. The number of para-hydroxylation sites is 1. The minimum absolute atomic E-state index is 0.208. The van der Waals surface area contributed by atoms with Crippen LogP contribution in [0.4, 0.5) is 5.13 Å². The highest BCUT2D eigenvalue weighted by Crippen LogP contribution is 2.34. The van der Waals surface area contributed by atoms with Crippen LogP contribution in [0.15, 0.2) is 29.6 Å². The Labute approximate surface area is 133 Å². The number of nitrogens with zero attached hydrogens (tertiary/aromatic N) is 1. The molecule has 1 aromatic heterocycles. The largest absolute Gasteiger partial charge is 0.493 e. The zero-order valence-corrected chi connectivity index (χ0v) is 13.2. The Morgan fingerprint density at radius 3 is 3.23 bits per heavy atom. The van der Waals surface area contributed by atoms with Gasteiger partial charge < -0.3 is 14.8 Å². The molecule has 2 aromatic rings. The predicted molar refractivity (Wildman–Crippen MR) is 85.4 cm³/mol. The molecule has 0 amide bonds. The van der Waals surface area contributed by atoms with Crippen molar-refractivity contribution < 1.29 is 14.3 Å². The first-order valence-corrected chi connectivity index (χ1v) is 8.13. The fourth-order valence-electron chi connectivity index (χ4n) is 2.46. The van der Waals surface area contributed by atoms with Crippen molar-refractivity contribution in [3.63, 3.8) is 0 Å². The van der Waals surface area contributed by atoms with Gasteiger partial charge in [0, 0.05) is 23.8 Å². The summed E-state index contributed by atoms with van der Waals surface area (Å²) in [6.45, 7) is 0.704. The van der Waals surface area contributed by atoms with Gasteiger partial charge in [0.2, 0.25) is 0 Å². The summed E-state index contributed by atoms with van der Waals surface area (Å²) in [6.07, 6.45) is 1.88. The first-order valence-electron chi connectivity index (χ1n) is 7.26. The summed E-state index contributed by atoms with van der Waals surface area (Å²) in [7, 11) is 1.40. The number of nitrogens with one attached hydrogen (secondary N) is 1. The van der Waals surface area contributed by atoms with Crippen LogP contribution in [0.3, 0.4) is 0 Å². The summed E-state index contributed by atoms with van der Waals surface area (Å²) >= 11 is 1.56. The van der Waals surface area contributed by atoms with E-state index in [2.05, 4.69) is 21.1 Å². The van der Waals surface area contributed by atoms with Crippen LogP contribution in [0.25, 0.3) is 0 Å². The van der Waals surface area contributed by atoms with Crippen molar-refractivity contribution in [1.29, 1.82) is 0 Å². The Balaban J connectivity index is 1.65. The van der Waals surface area contributed by atoms with E-state index in [1.807, 2.05) is 23.6 Å². The second kappa shape index (κ2) is 6.79. The Bertz CT molecular complexity index is 656. The summed E-state index contributed by atoms with van der Waals surface area (Å²) in [5.41, 5.74) is 2.08. The van der Waals surface area contributed by atoms with Gasteiger partial charge in [-0.05, 0) is 6.07 Å². The molecule has 1 aliphatic heterocycles. The Hall–Kier alpha value is -2.08. The number of ether oxygens (including phenoxy) is 2. The molecule has 22 heavy (non-hydrogen) atoms. The van der Waals surface area contributed by atoms with Gasteiger partial charge >= 0.3 is 5.97 Å². The fraction of sp³-hybridized carbons (Fsp3) is 0.375. The van der Waals surface area contributed by atoms with Crippen LogP contribution >= 0.6 is 11.3 Å². The lowest BCUT2D eigenvalue weighted by molar-refractivity contribution is -0.140. The smallest absolute Gasteiger partial charge is 0.305 e. The second-order valence-electron chi connectivity index (χ2n) is 5.09.